The molecule has 1 heterocycles. The number of nitrogens with two attached hydrogens (primary N) is 1. The molecule has 1 aliphatic heterocycles. The van der Waals surface area contributed by atoms with Crippen molar-refractivity contribution in [2.45, 2.75) is 17.9 Å². The van der Waals surface area contributed by atoms with E-state index >= 15 is 0 Å². The molecule has 1 spiro atoms. The molecule has 2 atom stereocenters. The maximum atomic E-state index is 5.90. The summed E-state index contributed by atoms with van der Waals surface area (Å²) in [5.74, 6) is 1.03. The van der Waals surface area contributed by atoms with Gasteiger partial charge in [-0.25, -0.2) is 0 Å². The van der Waals surface area contributed by atoms with Gasteiger partial charge in [0, 0.05) is 17.0 Å². The van der Waals surface area contributed by atoms with Gasteiger partial charge in [-0.1, -0.05) is 18.2 Å². The summed E-state index contributed by atoms with van der Waals surface area (Å²) < 4.78 is 5.57. The van der Waals surface area contributed by atoms with E-state index in [0.717, 1.165) is 18.8 Å². The number of ether oxygens (including phenoxy) is 1. The summed E-state index contributed by atoms with van der Waals surface area (Å²) in [6.07, 6.45) is 1.09. The lowest BCUT2D eigenvalue weighted by atomic mass is 9.98. The van der Waals surface area contributed by atoms with Gasteiger partial charge in [-0.2, -0.15) is 0 Å². The smallest absolute Gasteiger partial charge is 0.123 e. The molecule has 1 aromatic rings. The third-order valence-electron chi connectivity index (χ3n) is 3.04. The lowest BCUT2D eigenvalue weighted by molar-refractivity contribution is 0.320. The zero-order valence-corrected chi connectivity index (χ0v) is 8.01. The third kappa shape index (κ3) is 0.990. The molecule has 0 amide bonds. The Morgan fingerprint density at radius 1 is 1.38 bits per heavy atom. The van der Waals surface area contributed by atoms with Crippen LogP contribution in [0.4, 0.5) is 0 Å². The van der Waals surface area contributed by atoms with Gasteiger partial charge < -0.3 is 10.5 Å². The van der Waals surface area contributed by atoms with E-state index in [4.69, 9.17) is 10.5 Å². The van der Waals surface area contributed by atoms with E-state index in [1.165, 1.54) is 5.56 Å². The van der Waals surface area contributed by atoms with Gasteiger partial charge in [-0.05, 0) is 12.5 Å². The second kappa shape index (κ2) is 2.63. The van der Waals surface area contributed by atoms with Crippen LogP contribution in [0, 0.1) is 0 Å². The van der Waals surface area contributed by atoms with Crippen molar-refractivity contribution in [3.05, 3.63) is 29.8 Å². The number of hydrogen-bond acceptors (Lipinski definition) is 2. The van der Waals surface area contributed by atoms with Crippen LogP contribution >= 0.6 is 12.4 Å². The monoisotopic (exact) mass is 197 g/mol. The Kier molecular flexibility index (Phi) is 1.79. The van der Waals surface area contributed by atoms with Crippen molar-refractivity contribution in [2.24, 2.45) is 5.73 Å². The van der Waals surface area contributed by atoms with Crippen LogP contribution in [-0.2, 0) is 5.41 Å². The second-order valence-corrected chi connectivity index (χ2v) is 3.75. The zero-order chi connectivity index (χ0) is 8.18. The first-order valence-electron chi connectivity index (χ1n) is 4.31. The van der Waals surface area contributed by atoms with Crippen LogP contribution in [0.5, 0.6) is 5.75 Å². The Hall–Kier alpha value is -0.730. The molecule has 2 unspecified atom stereocenters. The maximum Gasteiger partial charge on any atom is 0.123 e. The average molecular weight is 198 g/mol. The summed E-state index contributed by atoms with van der Waals surface area (Å²) in [6.45, 7) is 0.785. The van der Waals surface area contributed by atoms with Crippen molar-refractivity contribution in [3.63, 3.8) is 0 Å². The standard InChI is InChI=1S/C10H11NO.ClH/c11-9-5-10(9)6-12-8-4-2-1-3-7(8)10;/h1-4,9H,5-6,11H2;1H. The first-order valence-corrected chi connectivity index (χ1v) is 4.31. The van der Waals surface area contributed by atoms with Gasteiger partial charge in [-0.3, -0.25) is 0 Å². The molecule has 3 rings (SSSR count). The number of para-hydroxylation sites is 1. The van der Waals surface area contributed by atoms with Crippen molar-refractivity contribution in [1.29, 1.82) is 0 Å². The second-order valence-electron chi connectivity index (χ2n) is 3.75. The Labute approximate surface area is 83.5 Å². The molecule has 0 aromatic heterocycles. The lowest BCUT2D eigenvalue weighted by Gasteiger charge is -2.03. The quantitative estimate of drug-likeness (QED) is 0.684. The SMILES string of the molecule is Cl.NC1CC12COc1ccccc12. The van der Waals surface area contributed by atoms with Gasteiger partial charge in [0.05, 0.1) is 6.61 Å². The Balaban J connectivity index is 0.000000653. The van der Waals surface area contributed by atoms with Crippen LogP contribution in [0.1, 0.15) is 12.0 Å². The Morgan fingerprint density at radius 3 is 2.77 bits per heavy atom. The predicted octanol–water partition coefficient (Wildman–Crippen LogP) is 1.47. The minimum Gasteiger partial charge on any atom is -0.492 e. The van der Waals surface area contributed by atoms with E-state index in [1.54, 1.807) is 0 Å². The van der Waals surface area contributed by atoms with Gasteiger partial charge in [0.2, 0.25) is 0 Å². The van der Waals surface area contributed by atoms with Crippen molar-refractivity contribution in [1.82, 2.24) is 0 Å². The summed E-state index contributed by atoms with van der Waals surface area (Å²) in [5, 5.41) is 0. The normalized spacial score (nSPS) is 33.5. The average Bonchev–Trinajstić information content (AvgIpc) is 2.58. The number of benzene rings is 1. The summed E-state index contributed by atoms with van der Waals surface area (Å²) in [4.78, 5) is 0. The van der Waals surface area contributed by atoms with Gasteiger partial charge in [0.15, 0.2) is 0 Å². The minimum atomic E-state index is 0. The molecule has 2 N–H and O–H groups in total. The molecule has 3 heteroatoms. The van der Waals surface area contributed by atoms with Crippen LogP contribution in [0.2, 0.25) is 0 Å². The molecule has 2 aliphatic rings. The molecular weight excluding hydrogens is 186 g/mol. The lowest BCUT2D eigenvalue weighted by Crippen LogP contribution is -2.19. The van der Waals surface area contributed by atoms with E-state index in [1.807, 2.05) is 12.1 Å². The molecule has 0 bridgehead atoms. The van der Waals surface area contributed by atoms with Crippen LogP contribution in [-0.4, -0.2) is 12.6 Å². The first-order chi connectivity index (χ1) is 5.83. The fourth-order valence-electron chi connectivity index (χ4n) is 2.10. The molecule has 13 heavy (non-hydrogen) atoms. The van der Waals surface area contributed by atoms with E-state index in [-0.39, 0.29) is 17.8 Å². The third-order valence-corrected chi connectivity index (χ3v) is 3.04. The van der Waals surface area contributed by atoms with Crippen LogP contribution in [0.25, 0.3) is 0 Å². The number of fused-ring (bicyclic) bond motifs is 2. The molecule has 0 radical (unpaired) electrons. The highest BCUT2D eigenvalue weighted by atomic mass is 35.5. The zero-order valence-electron chi connectivity index (χ0n) is 7.19. The molecule has 70 valence electrons. The molecule has 1 fully saturated rings. The molecule has 1 aromatic carbocycles. The van der Waals surface area contributed by atoms with E-state index in [0.29, 0.717) is 6.04 Å². The van der Waals surface area contributed by atoms with E-state index in [9.17, 15) is 0 Å². The fourth-order valence-corrected chi connectivity index (χ4v) is 2.10. The van der Waals surface area contributed by atoms with Gasteiger partial charge >= 0.3 is 0 Å². The van der Waals surface area contributed by atoms with Crippen LogP contribution in [0.3, 0.4) is 0 Å². The highest BCUT2D eigenvalue weighted by Crippen LogP contribution is 2.54. The van der Waals surface area contributed by atoms with E-state index in [2.05, 4.69) is 12.1 Å². The van der Waals surface area contributed by atoms with Gasteiger partial charge in [0.1, 0.15) is 5.75 Å². The topological polar surface area (TPSA) is 35.2 Å². The number of hydrogen-bond donors (Lipinski definition) is 1. The number of halogens is 1. The fraction of sp³-hybridized carbons (Fsp3) is 0.400. The van der Waals surface area contributed by atoms with E-state index < -0.39 is 0 Å². The Morgan fingerprint density at radius 2 is 2.08 bits per heavy atom. The maximum absolute atomic E-state index is 5.90. The highest BCUT2D eigenvalue weighted by molar-refractivity contribution is 5.85. The van der Waals surface area contributed by atoms with Gasteiger partial charge in [0.25, 0.3) is 0 Å². The summed E-state index contributed by atoms with van der Waals surface area (Å²) in [7, 11) is 0. The molecule has 2 nitrogen and oxygen atoms in total. The van der Waals surface area contributed by atoms with Gasteiger partial charge in [-0.15, -0.1) is 12.4 Å². The highest BCUT2D eigenvalue weighted by Gasteiger charge is 2.58. The predicted molar refractivity (Wildman–Crippen MR) is 53.5 cm³/mol. The largest absolute Gasteiger partial charge is 0.492 e. The summed E-state index contributed by atoms with van der Waals surface area (Å²) >= 11 is 0. The summed E-state index contributed by atoms with van der Waals surface area (Å²) in [5.41, 5.74) is 7.41. The van der Waals surface area contributed by atoms with Crippen molar-refractivity contribution < 1.29 is 4.74 Å². The molecule has 1 aliphatic carbocycles. The Bertz CT molecular complexity index is 341. The molecule has 0 saturated heterocycles. The van der Waals surface area contributed by atoms with Crippen molar-refractivity contribution in [3.8, 4) is 5.75 Å². The minimum absolute atomic E-state index is 0. The van der Waals surface area contributed by atoms with Crippen molar-refractivity contribution >= 4 is 12.4 Å². The van der Waals surface area contributed by atoms with Crippen LogP contribution in [0.15, 0.2) is 24.3 Å². The molecule has 1 saturated carbocycles. The van der Waals surface area contributed by atoms with Crippen LogP contribution < -0.4 is 10.5 Å². The number of rotatable bonds is 0. The first kappa shape index (κ1) is 8.85. The van der Waals surface area contributed by atoms with Crippen molar-refractivity contribution in [2.75, 3.05) is 6.61 Å². The molecular formula is C10H12ClNO. The summed E-state index contributed by atoms with van der Waals surface area (Å²) in [6, 6.07) is 8.54.